The van der Waals surface area contributed by atoms with Gasteiger partial charge >= 0.3 is 7.12 Å². The fourth-order valence-electron chi connectivity index (χ4n) is 5.85. The topological polar surface area (TPSA) is 200 Å². The standard InChI is InChI=1S/C21H19Cl2N5O.C15H16ClN5O.C6H5BCl2O2/c1-2-17-15(4-3-9-24-17)21(29)28-19-18(14-8-5-12(22)10-16(14)23)25-11-26-20(19)27-13-6-7-13;1-2-11-10(4-3-7-17-11)15(22)21-12-13(16)18-8-19-14(12)20-9-5-6-9;8-4-1-2-5(7(10)11)6(9)3-4/h3-5,8-11,13H,2,6-7H2,1H3,(H,28,29)(H,25,26,27);3-4,7-9H,2,5-6H2,1H3,(H,21,22)(H,18,19,20);1-3,10-11H. The molecule has 2 amide bonds. The predicted molar refractivity (Wildman–Crippen MR) is 247 cm³/mol. The molecule has 320 valence electrons. The van der Waals surface area contributed by atoms with E-state index in [4.69, 9.17) is 68.1 Å². The van der Waals surface area contributed by atoms with Gasteiger partial charge in [0.05, 0.1) is 27.5 Å². The smallest absolute Gasteiger partial charge is 0.423 e. The number of carbonyl (C=O) groups is 2. The van der Waals surface area contributed by atoms with Crippen LogP contribution in [0.5, 0.6) is 0 Å². The highest BCUT2D eigenvalue weighted by Crippen LogP contribution is 2.38. The van der Waals surface area contributed by atoms with Crippen LogP contribution in [0.1, 0.15) is 71.6 Å². The molecule has 6 aromatic rings. The van der Waals surface area contributed by atoms with Gasteiger partial charge in [0.15, 0.2) is 16.8 Å². The second-order valence-electron chi connectivity index (χ2n) is 13.9. The van der Waals surface area contributed by atoms with Crippen molar-refractivity contribution in [1.29, 1.82) is 0 Å². The zero-order valence-electron chi connectivity index (χ0n) is 33.3. The fraction of sp³-hybridized carbons (Fsp3) is 0.238. The molecule has 2 aromatic carbocycles. The van der Waals surface area contributed by atoms with Crippen LogP contribution in [0.2, 0.25) is 25.2 Å². The third kappa shape index (κ3) is 12.5. The highest BCUT2D eigenvalue weighted by molar-refractivity contribution is 6.62. The minimum absolute atomic E-state index is 0.216. The van der Waals surface area contributed by atoms with Crippen molar-refractivity contribution in [2.75, 3.05) is 21.3 Å². The number of nitrogens with one attached hydrogen (secondary N) is 4. The highest BCUT2D eigenvalue weighted by Gasteiger charge is 2.27. The number of nitrogens with zero attached hydrogens (tertiary/aromatic N) is 6. The second-order valence-corrected chi connectivity index (χ2v) is 16.0. The van der Waals surface area contributed by atoms with E-state index in [0.717, 1.165) is 37.1 Å². The number of halogens is 5. The molecule has 0 saturated heterocycles. The molecule has 0 radical (unpaired) electrons. The summed E-state index contributed by atoms with van der Waals surface area (Å²) >= 11 is 29.8. The maximum Gasteiger partial charge on any atom is 0.489 e. The first-order valence-corrected chi connectivity index (χ1v) is 21.4. The Morgan fingerprint density at radius 2 is 1.15 bits per heavy atom. The average molecular weight is 937 g/mol. The van der Waals surface area contributed by atoms with Gasteiger partial charge in [0.2, 0.25) is 0 Å². The molecule has 0 atom stereocenters. The largest absolute Gasteiger partial charge is 0.489 e. The lowest BCUT2D eigenvalue weighted by atomic mass is 9.80. The lowest BCUT2D eigenvalue weighted by Gasteiger charge is -2.16. The van der Waals surface area contributed by atoms with Gasteiger partial charge in [-0.15, -0.1) is 0 Å². The van der Waals surface area contributed by atoms with E-state index in [1.54, 1.807) is 60.9 Å². The molecule has 8 rings (SSSR count). The summed E-state index contributed by atoms with van der Waals surface area (Å²) in [4.78, 5) is 51.0. The van der Waals surface area contributed by atoms with Gasteiger partial charge < -0.3 is 31.3 Å². The Labute approximate surface area is 383 Å². The molecule has 62 heavy (non-hydrogen) atoms. The van der Waals surface area contributed by atoms with Crippen LogP contribution in [-0.4, -0.2) is 71.0 Å². The first-order valence-electron chi connectivity index (χ1n) is 19.5. The Morgan fingerprint density at radius 3 is 1.65 bits per heavy atom. The monoisotopic (exact) mass is 934 g/mol. The van der Waals surface area contributed by atoms with Crippen molar-refractivity contribution in [2.24, 2.45) is 0 Å². The van der Waals surface area contributed by atoms with Gasteiger partial charge in [-0.3, -0.25) is 19.6 Å². The molecule has 0 bridgehead atoms. The molecule has 14 nitrogen and oxygen atoms in total. The first kappa shape index (κ1) is 46.4. The summed E-state index contributed by atoms with van der Waals surface area (Å²) in [5.74, 6) is 0.590. The maximum absolute atomic E-state index is 13.1. The van der Waals surface area contributed by atoms with Crippen molar-refractivity contribution in [1.82, 2.24) is 29.9 Å². The quantitative estimate of drug-likeness (QED) is 0.0504. The lowest BCUT2D eigenvalue weighted by Crippen LogP contribution is -2.30. The van der Waals surface area contributed by atoms with Crippen molar-refractivity contribution in [3.8, 4) is 11.3 Å². The molecule has 0 spiro atoms. The van der Waals surface area contributed by atoms with Gasteiger partial charge in [-0.05, 0) is 93.1 Å². The number of rotatable bonds is 12. The molecule has 4 heterocycles. The summed E-state index contributed by atoms with van der Waals surface area (Å²) in [5, 5.41) is 31.8. The van der Waals surface area contributed by atoms with Crippen LogP contribution in [0.3, 0.4) is 0 Å². The van der Waals surface area contributed by atoms with Gasteiger partial charge in [-0.2, -0.15) is 0 Å². The molecule has 2 aliphatic rings. The normalized spacial score (nSPS) is 12.8. The fourth-order valence-corrected chi connectivity index (χ4v) is 7.04. The summed E-state index contributed by atoms with van der Waals surface area (Å²) in [6, 6.07) is 17.4. The zero-order chi connectivity index (χ0) is 44.3. The average Bonchev–Trinajstić information content (AvgIpc) is 4.21. The molecule has 0 unspecified atom stereocenters. The van der Waals surface area contributed by atoms with Crippen LogP contribution in [0, 0.1) is 0 Å². The first-order chi connectivity index (χ1) is 29.9. The molecule has 2 saturated carbocycles. The van der Waals surface area contributed by atoms with Crippen LogP contribution >= 0.6 is 58.0 Å². The van der Waals surface area contributed by atoms with Crippen LogP contribution in [0.15, 0.2) is 85.7 Å². The van der Waals surface area contributed by atoms with Crippen LogP contribution in [0.25, 0.3) is 11.3 Å². The van der Waals surface area contributed by atoms with Gasteiger partial charge in [0.1, 0.15) is 29.7 Å². The minimum Gasteiger partial charge on any atom is -0.423 e. The van der Waals surface area contributed by atoms with Crippen molar-refractivity contribution in [2.45, 2.75) is 64.5 Å². The van der Waals surface area contributed by atoms with Crippen molar-refractivity contribution in [3.63, 3.8) is 0 Å². The Balaban J connectivity index is 0.000000171. The van der Waals surface area contributed by atoms with Crippen molar-refractivity contribution >= 4 is 105 Å². The summed E-state index contributed by atoms with van der Waals surface area (Å²) < 4.78 is 0. The number of aromatic nitrogens is 6. The number of hydrogen-bond acceptors (Lipinski definition) is 12. The third-order valence-electron chi connectivity index (χ3n) is 9.33. The molecule has 6 N–H and O–H groups in total. The number of benzene rings is 2. The molecule has 2 fully saturated rings. The highest BCUT2D eigenvalue weighted by atomic mass is 35.5. The lowest BCUT2D eigenvalue weighted by molar-refractivity contribution is 0.101. The van der Waals surface area contributed by atoms with Gasteiger partial charge in [-0.1, -0.05) is 77.9 Å². The zero-order valence-corrected chi connectivity index (χ0v) is 37.1. The predicted octanol–water partition coefficient (Wildman–Crippen LogP) is 8.82. The van der Waals surface area contributed by atoms with E-state index in [1.807, 2.05) is 13.8 Å². The number of aryl methyl sites for hydroxylation is 2. The van der Waals surface area contributed by atoms with E-state index < -0.39 is 7.12 Å². The molecular weight excluding hydrogens is 897 g/mol. The van der Waals surface area contributed by atoms with E-state index in [0.29, 0.717) is 85.4 Å². The Hall–Kier alpha value is -5.13. The third-order valence-corrected chi connectivity index (χ3v) is 10.7. The van der Waals surface area contributed by atoms with Crippen molar-refractivity contribution < 1.29 is 19.6 Å². The van der Waals surface area contributed by atoms with E-state index in [1.165, 1.54) is 24.8 Å². The maximum atomic E-state index is 13.1. The van der Waals surface area contributed by atoms with E-state index in [2.05, 4.69) is 51.2 Å². The number of pyridine rings is 2. The van der Waals surface area contributed by atoms with Gasteiger partial charge in [-0.25, -0.2) is 19.9 Å². The Bertz CT molecular complexity index is 2550. The van der Waals surface area contributed by atoms with E-state index >= 15 is 0 Å². The van der Waals surface area contributed by atoms with Crippen LogP contribution in [-0.2, 0) is 12.8 Å². The molecular formula is C42H40BCl5N10O4. The van der Waals surface area contributed by atoms with E-state index in [9.17, 15) is 9.59 Å². The summed E-state index contributed by atoms with van der Waals surface area (Å²) in [5.41, 5.74) is 4.86. The number of hydrogen-bond donors (Lipinski definition) is 6. The van der Waals surface area contributed by atoms with Gasteiger partial charge in [0, 0.05) is 50.6 Å². The summed E-state index contributed by atoms with van der Waals surface area (Å²) in [7, 11) is -1.54. The number of carbonyl (C=O) groups excluding carboxylic acids is 2. The number of amides is 2. The Kier molecular flexibility index (Phi) is 16.3. The van der Waals surface area contributed by atoms with Gasteiger partial charge in [0.25, 0.3) is 11.8 Å². The Morgan fingerprint density at radius 1 is 0.645 bits per heavy atom. The van der Waals surface area contributed by atoms with E-state index in [-0.39, 0.29) is 27.5 Å². The van der Waals surface area contributed by atoms with Crippen LogP contribution < -0.4 is 26.7 Å². The number of anilines is 4. The minimum atomic E-state index is -1.54. The molecule has 20 heteroatoms. The van der Waals surface area contributed by atoms with Crippen molar-refractivity contribution in [3.05, 3.63) is 133 Å². The second kappa shape index (κ2) is 21.8. The van der Waals surface area contributed by atoms with Crippen LogP contribution in [0.4, 0.5) is 23.0 Å². The molecule has 4 aromatic heterocycles. The molecule has 0 aliphatic heterocycles. The summed E-state index contributed by atoms with van der Waals surface area (Å²) in [6.45, 7) is 3.92. The SMILES string of the molecule is CCc1ncccc1C(=O)Nc1c(Cl)ncnc1NC1CC1.CCc1ncccc1C(=O)Nc1c(NC2CC2)ncnc1-c1ccc(Cl)cc1Cl.OB(O)c1ccc(Cl)cc1Cl. The molecule has 2 aliphatic carbocycles. The summed E-state index contributed by atoms with van der Waals surface area (Å²) in [6.07, 6.45) is 11.8.